The summed E-state index contributed by atoms with van der Waals surface area (Å²) in [6, 6.07) is 9.69. The molecule has 0 spiro atoms. The number of carbonyl (C=O) groups is 1. The minimum Gasteiger partial charge on any atom is -0.374 e. The first-order valence-electron chi connectivity index (χ1n) is 6.05. The summed E-state index contributed by atoms with van der Waals surface area (Å²) < 4.78 is 0.976. The summed E-state index contributed by atoms with van der Waals surface area (Å²) in [5.41, 5.74) is 2.89. The van der Waals surface area contributed by atoms with Crippen LogP contribution in [0, 0.1) is 0 Å². The highest BCUT2D eigenvalue weighted by Crippen LogP contribution is 2.23. The maximum Gasteiger partial charge on any atom is 0.152 e. The molecule has 0 unspecified atom stereocenters. The molecule has 4 heteroatoms. The van der Waals surface area contributed by atoms with Crippen molar-refractivity contribution in [1.82, 2.24) is 4.98 Å². The topological polar surface area (TPSA) is 33.2 Å². The van der Waals surface area contributed by atoms with E-state index in [0.717, 1.165) is 29.4 Å². The van der Waals surface area contributed by atoms with Gasteiger partial charge in [-0.1, -0.05) is 15.9 Å². The minimum atomic E-state index is 0.709. The Morgan fingerprint density at radius 2 is 2.00 bits per heavy atom. The van der Waals surface area contributed by atoms with Gasteiger partial charge < -0.3 is 4.90 Å². The summed E-state index contributed by atoms with van der Waals surface area (Å²) in [6.45, 7) is 0.849. The van der Waals surface area contributed by atoms with Gasteiger partial charge in [0.1, 0.15) is 0 Å². The van der Waals surface area contributed by atoms with Gasteiger partial charge in [0, 0.05) is 41.7 Å². The number of halogens is 1. The van der Waals surface area contributed by atoms with Crippen molar-refractivity contribution in [3.8, 4) is 0 Å². The Morgan fingerprint density at radius 3 is 2.68 bits per heavy atom. The van der Waals surface area contributed by atoms with Crippen molar-refractivity contribution in [2.24, 2.45) is 0 Å². The number of pyridine rings is 1. The van der Waals surface area contributed by atoms with Gasteiger partial charge in [-0.25, -0.2) is 0 Å². The summed E-state index contributed by atoms with van der Waals surface area (Å²) in [5.74, 6) is 0. The lowest BCUT2D eigenvalue weighted by molar-refractivity contribution is 0.112. The molecule has 0 aliphatic rings. The third kappa shape index (κ3) is 3.64. The maximum absolute atomic E-state index is 11.1. The number of hydrogen-bond donors (Lipinski definition) is 0. The fourth-order valence-electron chi connectivity index (χ4n) is 1.91. The Morgan fingerprint density at radius 1 is 1.26 bits per heavy atom. The van der Waals surface area contributed by atoms with Crippen LogP contribution >= 0.6 is 15.9 Å². The fourth-order valence-corrected chi connectivity index (χ4v) is 2.26. The average molecular weight is 319 g/mol. The van der Waals surface area contributed by atoms with Gasteiger partial charge in [0.05, 0.1) is 0 Å². The highest BCUT2D eigenvalue weighted by molar-refractivity contribution is 9.10. The van der Waals surface area contributed by atoms with Gasteiger partial charge in [0.25, 0.3) is 0 Å². The van der Waals surface area contributed by atoms with E-state index in [9.17, 15) is 4.79 Å². The van der Waals surface area contributed by atoms with E-state index in [-0.39, 0.29) is 0 Å². The lowest BCUT2D eigenvalue weighted by Crippen LogP contribution is -2.21. The number of nitrogens with zero attached hydrogens (tertiary/aromatic N) is 2. The summed E-state index contributed by atoms with van der Waals surface area (Å²) >= 11 is 3.44. The Labute approximate surface area is 121 Å². The quantitative estimate of drug-likeness (QED) is 0.793. The molecule has 0 bridgehead atoms. The number of benzene rings is 1. The SMILES string of the molecule is CN(CCc1ccncc1)c1cc(Br)ccc1C=O. The van der Waals surface area contributed by atoms with Crippen molar-refractivity contribution in [3.63, 3.8) is 0 Å². The molecule has 0 fully saturated rings. The number of anilines is 1. The van der Waals surface area contributed by atoms with E-state index < -0.39 is 0 Å². The standard InChI is InChI=1S/C15H15BrN2O/c1-18(9-6-12-4-7-17-8-5-12)15-10-14(16)3-2-13(15)11-19/h2-5,7-8,10-11H,6,9H2,1H3. The molecule has 0 saturated heterocycles. The molecule has 19 heavy (non-hydrogen) atoms. The summed E-state index contributed by atoms with van der Waals surface area (Å²) in [6.07, 6.45) is 5.41. The zero-order valence-electron chi connectivity index (χ0n) is 10.7. The predicted molar refractivity (Wildman–Crippen MR) is 80.7 cm³/mol. The molecule has 0 radical (unpaired) electrons. The Balaban J connectivity index is 2.09. The van der Waals surface area contributed by atoms with E-state index in [2.05, 4.69) is 25.8 Å². The second kappa shape index (κ2) is 6.48. The number of aromatic nitrogens is 1. The van der Waals surface area contributed by atoms with Gasteiger partial charge >= 0.3 is 0 Å². The van der Waals surface area contributed by atoms with Crippen molar-refractivity contribution in [3.05, 3.63) is 58.3 Å². The van der Waals surface area contributed by atoms with E-state index in [1.165, 1.54) is 5.56 Å². The van der Waals surface area contributed by atoms with E-state index in [1.54, 1.807) is 12.4 Å². The first-order chi connectivity index (χ1) is 9.20. The molecular formula is C15H15BrN2O. The molecule has 3 nitrogen and oxygen atoms in total. The highest BCUT2D eigenvalue weighted by atomic mass is 79.9. The van der Waals surface area contributed by atoms with Gasteiger partial charge in [-0.3, -0.25) is 9.78 Å². The third-order valence-corrected chi connectivity index (χ3v) is 3.51. The van der Waals surface area contributed by atoms with E-state index in [0.29, 0.717) is 5.56 Å². The summed E-state index contributed by atoms with van der Waals surface area (Å²) in [7, 11) is 2.00. The molecule has 0 aliphatic carbocycles. The van der Waals surface area contributed by atoms with Crippen molar-refractivity contribution in [1.29, 1.82) is 0 Å². The van der Waals surface area contributed by atoms with Gasteiger partial charge in [-0.2, -0.15) is 0 Å². The number of carbonyl (C=O) groups excluding carboxylic acids is 1. The molecule has 0 amide bonds. The molecule has 0 aliphatic heterocycles. The largest absolute Gasteiger partial charge is 0.374 e. The van der Waals surface area contributed by atoms with Crippen LogP contribution in [0.5, 0.6) is 0 Å². The van der Waals surface area contributed by atoms with E-state index >= 15 is 0 Å². The van der Waals surface area contributed by atoms with Gasteiger partial charge in [-0.05, 0) is 42.3 Å². The average Bonchev–Trinajstić information content (AvgIpc) is 2.46. The smallest absolute Gasteiger partial charge is 0.152 e. The van der Waals surface area contributed by atoms with Crippen molar-refractivity contribution in [2.75, 3.05) is 18.5 Å². The highest BCUT2D eigenvalue weighted by Gasteiger charge is 2.07. The van der Waals surface area contributed by atoms with Crippen LogP contribution < -0.4 is 4.90 Å². The first-order valence-corrected chi connectivity index (χ1v) is 6.85. The second-order valence-electron chi connectivity index (χ2n) is 4.35. The molecule has 0 N–H and O–H groups in total. The number of aldehydes is 1. The predicted octanol–water partition coefficient (Wildman–Crippen LogP) is 3.34. The lowest BCUT2D eigenvalue weighted by Gasteiger charge is -2.21. The molecule has 2 rings (SSSR count). The monoisotopic (exact) mass is 318 g/mol. The van der Waals surface area contributed by atoms with Crippen LogP contribution in [0.25, 0.3) is 0 Å². The van der Waals surface area contributed by atoms with Crippen LogP contribution in [-0.4, -0.2) is 24.9 Å². The Bertz CT molecular complexity index is 557. The zero-order chi connectivity index (χ0) is 13.7. The Hall–Kier alpha value is -1.68. The first kappa shape index (κ1) is 13.7. The van der Waals surface area contributed by atoms with E-state index in [4.69, 9.17) is 0 Å². The number of hydrogen-bond acceptors (Lipinski definition) is 3. The normalized spacial score (nSPS) is 10.2. The number of likely N-dealkylation sites (N-methyl/N-ethyl adjacent to an activating group) is 1. The van der Waals surface area contributed by atoms with Crippen LogP contribution in [-0.2, 0) is 6.42 Å². The zero-order valence-corrected chi connectivity index (χ0v) is 12.3. The Kier molecular flexibility index (Phi) is 4.68. The summed E-state index contributed by atoms with van der Waals surface area (Å²) in [4.78, 5) is 17.2. The molecule has 98 valence electrons. The molecule has 1 heterocycles. The molecule has 2 aromatic rings. The van der Waals surface area contributed by atoms with Gasteiger partial charge in [0.15, 0.2) is 6.29 Å². The molecule has 0 saturated carbocycles. The fraction of sp³-hybridized carbons (Fsp3) is 0.200. The molecule has 1 aromatic heterocycles. The molecular weight excluding hydrogens is 304 g/mol. The maximum atomic E-state index is 11.1. The third-order valence-electron chi connectivity index (χ3n) is 3.02. The minimum absolute atomic E-state index is 0.709. The van der Waals surface area contributed by atoms with E-state index in [1.807, 2.05) is 37.4 Å². The van der Waals surface area contributed by atoms with Crippen LogP contribution in [0.2, 0.25) is 0 Å². The van der Waals surface area contributed by atoms with Gasteiger partial charge in [-0.15, -0.1) is 0 Å². The van der Waals surface area contributed by atoms with Gasteiger partial charge in [0.2, 0.25) is 0 Å². The molecule has 0 atom stereocenters. The molecule has 1 aromatic carbocycles. The second-order valence-corrected chi connectivity index (χ2v) is 5.26. The van der Waals surface area contributed by atoms with Crippen molar-refractivity contribution in [2.45, 2.75) is 6.42 Å². The van der Waals surface area contributed by atoms with Crippen LogP contribution in [0.3, 0.4) is 0 Å². The number of rotatable bonds is 5. The van der Waals surface area contributed by atoms with Crippen LogP contribution in [0.4, 0.5) is 5.69 Å². The van der Waals surface area contributed by atoms with Crippen molar-refractivity contribution >= 4 is 27.9 Å². The summed E-state index contributed by atoms with van der Waals surface area (Å²) in [5, 5.41) is 0. The van der Waals surface area contributed by atoms with Crippen LogP contribution in [0.1, 0.15) is 15.9 Å². The van der Waals surface area contributed by atoms with Crippen molar-refractivity contribution < 1.29 is 4.79 Å². The lowest BCUT2D eigenvalue weighted by atomic mass is 10.1. The van der Waals surface area contributed by atoms with Crippen LogP contribution in [0.15, 0.2) is 47.2 Å².